The maximum atomic E-state index is 12.3. The number of nitrogen functional groups attached to an aromatic ring is 1. The molecule has 0 radical (unpaired) electrons. The van der Waals surface area contributed by atoms with E-state index in [1.54, 1.807) is 12.4 Å². The first-order valence-corrected chi connectivity index (χ1v) is 6.62. The highest BCUT2D eigenvalue weighted by atomic mass is 16.1. The average molecular weight is 286 g/mol. The Morgan fingerprint density at radius 3 is 2.81 bits per heavy atom. The molecule has 2 aromatic heterocycles. The van der Waals surface area contributed by atoms with Crippen LogP contribution in [-0.4, -0.2) is 20.9 Å². The van der Waals surface area contributed by atoms with Gasteiger partial charge >= 0.3 is 0 Å². The number of hydrogen-bond acceptors (Lipinski definition) is 6. The first-order valence-electron chi connectivity index (χ1n) is 6.62. The summed E-state index contributed by atoms with van der Waals surface area (Å²) in [6, 6.07) is 3.70. The van der Waals surface area contributed by atoms with Gasteiger partial charge in [-0.25, -0.2) is 9.97 Å². The third kappa shape index (κ3) is 3.73. The summed E-state index contributed by atoms with van der Waals surface area (Å²) < 4.78 is 0. The molecule has 21 heavy (non-hydrogen) atoms. The number of hydrazine groups is 1. The molecule has 2 aromatic rings. The van der Waals surface area contributed by atoms with Crippen molar-refractivity contribution in [3.05, 3.63) is 47.8 Å². The zero-order valence-electron chi connectivity index (χ0n) is 12.0. The Morgan fingerprint density at radius 2 is 2.19 bits per heavy atom. The molecule has 0 aliphatic heterocycles. The van der Waals surface area contributed by atoms with E-state index < -0.39 is 0 Å². The van der Waals surface area contributed by atoms with Crippen LogP contribution in [0.5, 0.6) is 0 Å². The predicted octanol–water partition coefficient (Wildman–Crippen LogP) is 1.21. The van der Waals surface area contributed by atoms with Crippen LogP contribution in [0.4, 0.5) is 5.69 Å². The van der Waals surface area contributed by atoms with Gasteiger partial charge in [0, 0.05) is 24.9 Å². The van der Waals surface area contributed by atoms with Crippen LogP contribution in [0, 0.1) is 0 Å². The molecule has 4 N–H and O–H groups in total. The number of pyridine rings is 1. The molecular weight excluding hydrogens is 268 g/mol. The molecular formula is C14H18N6O. The normalized spacial score (nSPS) is 10.5. The van der Waals surface area contributed by atoms with Gasteiger partial charge in [-0.2, -0.15) is 0 Å². The second-order valence-corrected chi connectivity index (χ2v) is 4.83. The lowest BCUT2D eigenvalue weighted by Gasteiger charge is -2.11. The number of carbonyl (C=O) groups excluding carboxylic acids is 1. The minimum Gasteiger partial charge on any atom is -0.346 e. The van der Waals surface area contributed by atoms with Crippen molar-refractivity contribution in [2.45, 2.75) is 26.3 Å². The standard InChI is InChI=1S/C14H18N6O/c1-9(2)13-17-8-11(20-15)12(19-13)14(21)18-7-10-4-3-5-16-6-10/h3-6,8-9,20H,7,15H2,1-2H3,(H,18,21). The molecule has 2 heterocycles. The zero-order chi connectivity index (χ0) is 15.2. The Bertz CT molecular complexity index is 614. The highest BCUT2D eigenvalue weighted by Crippen LogP contribution is 2.15. The highest BCUT2D eigenvalue weighted by molar-refractivity contribution is 5.97. The predicted molar refractivity (Wildman–Crippen MR) is 79.3 cm³/mol. The van der Waals surface area contributed by atoms with Crippen molar-refractivity contribution in [1.29, 1.82) is 0 Å². The summed E-state index contributed by atoms with van der Waals surface area (Å²) >= 11 is 0. The summed E-state index contributed by atoms with van der Waals surface area (Å²) in [4.78, 5) is 24.7. The third-order valence-corrected chi connectivity index (χ3v) is 2.87. The van der Waals surface area contributed by atoms with Gasteiger partial charge < -0.3 is 10.7 Å². The number of nitrogens with one attached hydrogen (secondary N) is 2. The molecule has 0 atom stereocenters. The summed E-state index contributed by atoms with van der Waals surface area (Å²) in [5.74, 6) is 5.82. The SMILES string of the molecule is CC(C)c1ncc(NN)c(C(=O)NCc2cccnc2)n1. The van der Waals surface area contributed by atoms with Crippen molar-refractivity contribution in [1.82, 2.24) is 20.3 Å². The van der Waals surface area contributed by atoms with E-state index in [0.29, 0.717) is 18.1 Å². The van der Waals surface area contributed by atoms with Gasteiger partial charge in [0.25, 0.3) is 5.91 Å². The zero-order valence-corrected chi connectivity index (χ0v) is 12.0. The average Bonchev–Trinajstić information content (AvgIpc) is 2.52. The molecule has 0 fully saturated rings. The van der Waals surface area contributed by atoms with Crippen LogP contribution in [-0.2, 0) is 6.54 Å². The fourth-order valence-electron chi connectivity index (χ4n) is 1.72. The van der Waals surface area contributed by atoms with E-state index in [9.17, 15) is 4.79 Å². The van der Waals surface area contributed by atoms with Crippen LogP contribution in [0.25, 0.3) is 0 Å². The van der Waals surface area contributed by atoms with Gasteiger partial charge in [0.15, 0.2) is 5.69 Å². The van der Waals surface area contributed by atoms with Crippen LogP contribution in [0.2, 0.25) is 0 Å². The number of nitrogens with zero attached hydrogens (tertiary/aromatic N) is 3. The largest absolute Gasteiger partial charge is 0.346 e. The number of anilines is 1. The van der Waals surface area contributed by atoms with Crippen LogP contribution in [0.1, 0.15) is 41.6 Å². The molecule has 0 aliphatic carbocycles. The van der Waals surface area contributed by atoms with Crippen molar-refractivity contribution < 1.29 is 4.79 Å². The summed E-state index contributed by atoms with van der Waals surface area (Å²) in [6.45, 7) is 4.29. The smallest absolute Gasteiger partial charge is 0.272 e. The number of hydrogen-bond donors (Lipinski definition) is 3. The van der Waals surface area contributed by atoms with E-state index in [2.05, 4.69) is 25.7 Å². The molecule has 0 bridgehead atoms. The van der Waals surface area contributed by atoms with Crippen molar-refractivity contribution in [2.24, 2.45) is 5.84 Å². The molecule has 7 nitrogen and oxygen atoms in total. The summed E-state index contributed by atoms with van der Waals surface area (Å²) in [7, 11) is 0. The van der Waals surface area contributed by atoms with E-state index in [1.807, 2.05) is 26.0 Å². The van der Waals surface area contributed by atoms with Gasteiger partial charge in [0.2, 0.25) is 0 Å². The monoisotopic (exact) mass is 286 g/mol. The molecule has 0 saturated carbocycles. The van der Waals surface area contributed by atoms with Gasteiger partial charge in [-0.05, 0) is 11.6 Å². The second kappa shape index (κ2) is 6.76. The molecule has 0 unspecified atom stereocenters. The van der Waals surface area contributed by atoms with Crippen LogP contribution in [0.3, 0.4) is 0 Å². The van der Waals surface area contributed by atoms with Crippen LogP contribution < -0.4 is 16.6 Å². The molecule has 1 amide bonds. The van der Waals surface area contributed by atoms with Crippen LogP contribution >= 0.6 is 0 Å². The van der Waals surface area contributed by atoms with Crippen molar-refractivity contribution in [3.8, 4) is 0 Å². The Labute approximate surface area is 123 Å². The first-order chi connectivity index (χ1) is 10.1. The Morgan fingerprint density at radius 1 is 1.38 bits per heavy atom. The minimum atomic E-state index is -0.309. The van der Waals surface area contributed by atoms with Crippen LogP contribution in [0.15, 0.2) is 30.7 Å². The van der Waals surface area contributed by atoms with Gasteiger partial charge in [-0.15, -0.1) is 0 Å². The number of amides is 1. The summed E-state index contributed by atoms with van der Waals surface area (Å²) in [6.07, 6.45) is 4.89. The summed E-state index contributed by atoms with van der Waals surface area (Å²) in [5.41, 5.74) is 3.98. The molecule has 0 saturated heterocycles. The summed E-state index contributed by atoms with van der Waals surface area (Å²) in [5, 5.41) is 2.79. The number of aromatic nitrogens is 3. The van der Waals surface area contributed by atoms with Crippen molar-refractivity contribution in [3.63, 3.8) is 0 Å². The van der Waals surface area contributed by atoms with Crippen molar-refractivity contribution in [2.75, 3.05) is 5.43 Å². The lowest BCUT2D eigenvalue weighted by Crippen LogP contribution is -2.27. The Kier molecular flexibility index (Phi) is 4.78. The third-order valence-electron chi connectivity index (χ3n) is 2.87. The molecule has 0 aromatic carbocycles. The van der Waals surface area contributed by atoms with Gasteiger partial charge in [-0.3, -0.25) is 15.6 Å². The quantitative estimate of drug-likeness (QED) is 0.563. The van der Waals surface area contributed by atoms with E-state index in [1.165, 1.54) is 6.20 Å². The van der Waals surface area contributed by atoms with E-state index >= 15 is 0 Å². The van der Waals surface area contributed by atoms with E-state index in [0.717, 1.165) is 5.56 Å². The number of rotatable bonds is 5. The molecule has 0 aliphatic rings. The maximum Gasteiger partial charge on any atom is 0.272 e. The molecule has 110 valence electrons. The molecule has 2 rings (SSSR count). The van der Waals surface area contributed by atoms with Gasteiger partial charge in [-0.1, -0.05) is 19.9 Å². The lowest BCUT2D eigenvalue weighted by atomic mass is 10.2. The second-order valence-electron chi connectivity index (χ2n) is 4.83. The topological polar surface area (TPSA) is 106 Å². The fraction of sp³-hybridized carbons (Fsp3) is 0.286. The first kappa shape index (κ1) is 14.9. The molecule has 7 heteroatoms. The van der Waals surface area contributed by atoms with E-state index in [4.69, 9.17) is 5.84 Å². The van der Waals surface area contributed by atoms with Crippen molar-refractivity contribution >= 4 is 11.6 Å². The maximum absolute atomic E-state index is 12.3. The number of nitrogens with two attached hydrogens (primary N) is 1. The Hall–Kier alpha value is -2.54. The number of carbonyl (C=O) groups is 1. The Balaban J connectivity index is 2.15. The molecule has 0 spiro atoms. The lowest BCUT2D eigenvalue weighted by molar-refractivity contribution is 0.0946. The van der Waals surface area contributed by atoms with E-state index in [-0.39, 0.29) is 17.5 Å². The van der Waals surface area contributed by atoms with Gasteiger partial charge in [0.1, 0.15) is 5.82 Å². The fourth-order valence-corrected chi connectivity index (χ4v) is 1.72. The minimum absolute atomic E-state index is 0.127. The van der Waals surface area contributed by atoms with Gasteiger partial charge in [0.05, 0.1) is 11.9 Å². The highest BCUT2D eigenvalue weighted by Gasteiger charge is 2.15.